The number of aromatic nitrogens is 2. The van der Waals surface area contributed by atoms with Gasteiger partial charge in [0, 0.05) is 13.6 Å². The van der Waals surface area contributed by atoms with Crippen molar-refractivity contribution >= 4 is 17.6 Å². The van der Waals surface area contributed by atoms with Crippen LogP contribution >= 0.6 is 0 Å². The van der Waals surface area contributed by atoms with Crippen molar-refractivity contribution in [3.63, 3.8) is 0 Å². The quantitative estimate of drug-likeness (QED) is 0.565. The number of carbonyl (C=O) groups is 1. The molecule has 0 aliphatic heterocycles. The molecule has 0 fully saturated rings. The molecule has 0 aromatic carbocycles. The number of nitrogens with one attached hydrogen (secondary N) is 1. The second-order valence-corrected chi connectivity index (χ2v) is 3.74. The van der Waals surface area contributed by atoms with Crippen LogP contribution in [-0.4, -0.2) is 32.1 Å². The summed E-state index contributed by atoms with van der Waals surface area (Å²) in [6, 6.07) is 0. The SMILES string of the molecule is CC(CCNc1c([N+](=O)[O-])ncn1C)C(=O)O. The molecule has 8 nitrogen and oxygen atoms in total. The molecule has 0 saturated carbocycles. The third-order valence-electron chi connectivity index (χ3n) is 2.38. The highest BCUT2D eigenvalue weighted by Gasteiger charge is 2.20. The molecule has 0 aliphatic carbocycles. The maximum Gasteiger partial charge on any atom is 0.406 e. The fourth-order valence-corrected chi connectivity index (χ4v) is 1.29. The summed E-state index contributed by atoms with van der Waals surface area (Å²) in [5.41, 5.74) is 0. The Bertz CT molecular complexity index is 429. The minimum absolute atomic E-state index is 0.254. The Morgan fingerprint density at radius 3 is 2.94 bits per heavy atom. The van der Waals surface area contributed by atoms with Crippen molar-refractivity contribution in [2.75, 3.05) is 11.9 Å². The predicted molar refractivity (Wildman–Crippen MR) is 59.8 cm³/mol. The predicted octanol–water partition coefficient (Wildman–Crippen LogP) is 0.851. The summed E-state index contributed by atoms with van der Waals surface area (Å²) < 4.78 is 1.49. The topological polar surface area (TPSA) is 110 Å². The highest BCUT2D eigenvalue weighted by Crippen LogP contribution is 2.21. The van der Waals surface area contributed by atoms with E-state index in [1.807, 2.05) is 0 Å². The fraction of sp³-hybridized carbons (Fsp3) is 0.556. The Balaban J connectivity index is 2.60. The van der Waals surface area contributed by atoms with Gasteiger partial charge in [-0.25, -0.2) is 0 Å². The van der Waals surface area contributed by atoms with Gasteiger partial charge in [0.2, 0.25) is 12.1 Å². The lowest BCUT2D eigenvalue weighted by Crippen LogP contribution is -2.15. The van der Waals surface area contributed by atoms with Crippen molar-refractivity contribution in [2.45, 2.75) is 13.3 Å². The molecule has 0 saturated heterocycles. The van der Waals surface area contributed by atoms with Crippen LogP contribution in [0, 0.1) is 16.0 Å². The maximum atomic E-state index is 10.6. The Labute approximate surface area is 97.4 Å². The first kappa shape index (κ1) is 12.9. The molecule has 17 heavy (non-hydrogen) atoms. The van der Waals surface area contributed by atoms with Crippen LogP contribution in [0.25, 0.3) is 0 Å². The number of nitrogens with zero attached hydrogens (tertiary/aromatic N) is 3. The molecule has 1 aromatic heterocycles. The van der Waals surface area contributed by atoms with Gasteiger partial charge in [0.05, 0.1) is 5.92 Å². The lowest BCUT2D eigenvalue weighted by atomic mass is 10.1. The van der Waals surface area contributed by atoms with Crippen molar-refractivity contribution in [3.05, 3.63) is 16.4 Å². The first-order valence-corrected chi connectivity index (χ1v) is 5.06. The van der Waals surface area contributed by atoms with E-state index in [9.17, 15) is 14.9 Å². The Kier molecular flexibility index (Phi) is 4.02. The largest absolute Gasteiger partial charge is 0.481 e. The summed E-state index contributed by atoms with van der Waals surface area (Å²) in [5.74, 6) is -1.34. The molecule has 0 radical (unpaired) electrons. The van der Waals surface area contributed by atoms with E-state index in [0.29, 0.717) is 13.0 Å². The zero-order valence-corrected chi connectivity index (χ0v) is 9.58. The van der Waals surface area contributed by atoms with E-state index >= 15 is 0 Å². The second-order valence-electron chi connectivity index (χ2n) is 3.74. The molecule has 0 amide bonds. The normalized spacial score (nSPS) is 12.1. The number of aliphatic carboxylic acids is 1. The molecule has 1 heterocycles. The Morgan fingerprint density at radius 1 is 1.76 bits per heavy atom. The molecule has 1 atom stereocenters. The van der Waals surface area contributed by atoms with Crippen LogP contribution in [0.1, 0.15) is 13.3 Å². The Hall–Kier alpha value is -2.12. The van der Waals surface area contributed by atoms with Crippen LogP contribution < -0.4 is 5.32 Å². The highest BCUT2D eigenvalue weighted by molar-refractivity contribution is 5.69. The van der Waals surface area contributed by atoms with E-state index in [0.717, 1.165) is 0 Å². The van der Waals surface area contributed by atoms with E-state index in [2.05, 4.69) is 10.3 Å². The van der Waals surface area contributed by atoms with Crippen molar-refractivity contribution < 1.29 is 14.8 Å². The lowest BCUT2D eigenvalue weighted by Gasteiger charge is -2.08. The molecule has 0 bridgehead atoms. The average Bonchev–Trinajstić information content (AvgIpc) is 2.60. The van der Waals surface area contributed by atoms with E-state index in [1.54, 1.807) is 14.0 Å². The number of rotatable bonds is 6. The summed E-state index contributed by atoms with van der Waals surface area (Å²) in [6.45, 7) is 1.93. The third kappa shape index (κ3) is 3.16. The van der Waals surface area contributed by atoms with Gasteiger partial charge in [0.15, 0.2) is 0 Å². The standard InChI is InChI=1S/C9H14N4O4/c1-6(9(14)15)3-4-10-7-8(13(16)17)11-5-12(7)2/h5-6,10H,3-4H2,1-2H3,(H,14,15). The number of nitro groups is 1. The minimum atomic E-state index is -0.883. The van der Waals surface area contributed by atoms with Crippen molar-refractivity contribution in [3.8, 4) is 0 Å². The lowest BCUT2D eigenvalue weighted by molar-refractivity contribution is -0.388. The zero-order chi connectivity index (χ0) is 13.0. The van der Waals surface area contributed by atoms with Crippen molar-refractivity contribution in [2.24, 2.45) is 13.0 Å². The highest BCUT2D eigenvalue weighted by atomic mass is 16.6. The summed E-state index contributed by atoms with van der Waals surface area (Å²) in [6.07, 6.45) is 1.72. The van der Waals surface area contributed by atoms with Gasteiger partial charge < -0.3 is 20.5 Å². The van der Waals surface area contributed by atoms with Gasteiger partial charge in [-0.3, -0.25) is 9.36 Å². The number of aryl methyl sites for hydroxylation is 1. The number of carboxylic acid groups (broad SMARTS) is 1. The monoisotopic (exact) mass is 242 g/mol. The van der Waals surface area contributed by atoms with E-state index in [4.69, 9.17) is 5.11 Å². The van der Waals surface area contributed by atoms with E-state index in [-0.39, 0.29) is 11.6 Å². The summed E-state index contributed by atoms with van der Waals surface area (Å²) >= 11 is 0. The number of anilines is 1. The molecule has 94 valence electrons. The first-order chi connectivity index (χ1) is 7.93. The summed E-state index contributed by atoms with van der Waals surface area (Å²) in [7, 11) is 1.63. The molecule has 1 rings (SSSR count). The van der Waals surface area contributed by atoms with Gasteiger partial charge in [-0.15, -0.1) is 0 Å². The van der Waals surface area contributed by atoms with Crippen LogP contribution in [0.2, 0.25) is 0 Å². The van der Waals surface area contributed by atoms with Gasteiger partial charge in [0.1, 0.15) is 0 Å². The molecule has 0 aliphatic rings. The van der Waals surface area contributed by atoms with Crippen LogP contribution in [0.3, 0.4) is 0 Å². The molecular formula is C9H14N4O4. The number of hydrogen-bond acceptors (Lipinski definition) is 5. The molecule has 1 unspecified atom stereocenters. The number of carboxylic acids is 1. The molecule has 2 N–H and O–H groups in total. The maximum absolute atomic E-state index is 10.6. The van der Waals surface area contributed by atoms with E-state index < -0.39 is 16.8 Å². The molecular weight excluding hydrogens is 228 g/mol. The fourth-order valence-electron chi connectivity index (χ4n) is 1.29. The third-order valence-corrected chi connectivity index (χ3v) is 2.38. The number of imidazole rings is 1. The minimum Gasteiger partial charge on any atom is -0.481 e. The van der Waals surface area contributed by atoms with Gasteiger partial charge in [0.25, 0.3) is 0 Å². The van der Waals surface area contributed by atoms with Gasteiger partial charge in [-0.1, -0.05) is 6.92 Å². The molecule has 0 spiro atoms. The van der Waals surface area contributed by atoms with E-state index in [1.165, 1.54) is 10.9 Å². The first-order valence-electron chi connectivity index (χ1n) is 5.06. The smallest absolute Gasteiger partial charge is 0.406 e. The summed E-state index contributed by atoms with van der Waals surface area (Å²) in [5, 5.41) is 22.1. The zero-order valence-electron chi connectivity index (χ0n) is 9.58. The van der Waals surface area contributed by atoms with Crippen LogP contribution in [0.4, 0.5) is 11.6 Å². The van der Waals surface area contributed by atoms with Crippen molar-refractivity contribution in [1.82, 2.24) is 9.55 Å². The Morgan fingerprint density at radius 2 is 2.41 bits per heavy atom. The average molecular weight is 242 g/mol. The molecule has 1 aromatic rings. The van der Waals surface area contributed by atoms with Gasteiger partial charge >= 0.3 is 11.8 Å². The van der Waals surface area contributed by atoms with Crippen molar-refractivity contribution in [1.29, 1.82) is 0 Å². The number of hydrogen-bond donors (Lipinski definition) is 2. The van der Waals surface area contributed by atoms with Crippen LogP contribution in [-0.2, 0) is 11.8 Å². The van der Waals surface area contributed by atoms with Gasteiger partial charge in [-0.2, -0.15) is 0 Å². The van der Waals surface area contributed by atoms with Crippen LogP contribution in [0.5, 0.6) is 0 Å². The second kappa shape index (κ2) is 5.28. The summed E-state index contributed by atoms with van der Waals surface area (Å²) in [4.78, 5) is 24.3. The molecule has 8 heteroatoms. The van der Waals surface area contributed by atoms with Gasteiger partial charge in [-0.05, 0) is 16.3 Å². The van der Waals surface area contributed by atoms with Crippen LogP contribution in [0.15, 0.2) is 6.33 Å².